The number of para-hydroxylation sites is 1. The van der Waals surface area contributed by atoms with Crippen LogP contribution in [0.2, 0.25) is 0 Å². The summed E-state index contributed by atoms with van der Waals surface area (Å²) < 4.78 is 15.3. The lowest BCUT2D eigenvalue weighted by Crippen LogP contribution is -2.31. The van der Waals surface area contributed by atoms with Crippen LogP contribution in [0.5, 0.6) is 0 Å². The molecule has 4 aromatic carbocycles. The molecule has 0 radical (unpaired) electrons. The molecule has 3 unspecified atom stereocenters. The maximum absolute atomic E-state index is 12.5. The summed E-state index contributed by atoms with van der Waals surface area (Å²) in [6, 6.07) is 32.3. The SMILES string of the molecule is O=C(O)CCCCCC(=O)NCc1ccccc1-c1ccc(C2OC(CSc3nc4ccccc4s3)CC(c3ccc(CO)cc3)O2)cc1. The van der Waals surface area contributed by atoms with Crippen molar-refractivity contribution >= 4 is 45.2 Å². The number of nitrogens with zero attached hydrogens (tertiary/aromatic N) is 1. The molecule has 10 heteroatoms. The summed E-state index contributed by atoms with van der Waals surface area (Å²) in [5.41, 5.74) is 6.91. The van der Waals surface area contributed by atoms with Crippen LogP contribution in [0.1, 0.15) is 73.2 Å². The molecule has 49 heavy (non-hydrogen) atoms. The van der Waals surface area contributed by atoms with Gasteiger partial charge in [-0.2, -0.15) is 0 Å². The van der Waals surface area contributed by atoms with Gasteiger partial charge in [0.1, 0.15) is 0 Å². The molecule has 8 nitrogen and oxygen atoms in total. The van der Waals surface area contributed by atoms with E-state index in [1.54, 1.807) is 23.1 Å². The zero-order valence-corrected chi connectivity index (χ0v) is 28.8. The highest BCUT2D eigenvalue weighted by molar-refractivity contribution is 8.01. The topological polar surface area (TPSA) is 118 Å². The lowest BCUT2D eigenvalue weighted by molar-refractivity contribution is -0.245. The number of hydrogen-bond acceptors (Lipinski definition) is 8. The van der Waals surface area contributed by atoms with Gasteiger partial charge >= 0.3 is 5.97 Å². The van der Waals surface area contributed by atoms with Crippen molar-refractivity contribution in [2.24, 2.45) is 0 Å². The average Bonchev–Trinajstić information content (AvgIpc) is 3.56. The van der Waals surface area contributed by atoms with Crippen LogP contribution in [0.25, 0.3) is 21.3 Å². The van der Waals surface area contributed by atoms with Gasteiger partial charge < -0.3 is 25.0 Å². The number of unbranched alkanes of at least 4 members (excludes halogenated alkanes) is 2. The number of hydrogen-bond donors (Lipinski definition) is 3. The summed E-state index contributed by atoms with van der Waals surface area (Å²) in [4.78, 5) is 28.0. The number of rotatable bonds is 15. The molecule has 1 amide bonds. The van der Waals surface area contributed by atoms with Crippen molar-refractivity contribution in [2.75, 3.05) is 5.75 Å². The standard InChI is InChI=1S/C39H40N2O6S2/c42-24-26-14-16-28(17-15-26)34-22-31(25-48-39-41-33-10-6-7-11-35(33)49-39)46-38(47-34)29-20-18-27(19-21-29)32-9-5-4-8-30(32)23-40-36(43)12-2-1-3-13-37(44)45/h4-11,14-21,31,34,38,42H,1-3,12-13,22-25H2,(H,40,43)(H,44,45). The molecular weight excluding hydrogens is 657 g/mol. The van der Waals surface area contributed by atoms with Crippen LogP contribution in [0.15, 0.2) is 101 Å². The van der Waals surface area contributed by atoms with Crippen LogP contribution in [0.4, 0.5) is 0 Å². The molecule has 0 bridgehead atoms. The second kappa shape index (κ2) is 17.0. The number of carbonyl (C=O) groups excluding carboxylic acids is 1. The van der Waals surface area contributed by atoms with Crippen LogP contribution >= 0.6 is 23.1 Å². The van der Waals surface area contributed by atoms with Crippen LogP contribution < -0.4 is 5.32 Å². The van der Waals surface area contributed by atoms with Gasteiger partial charge in [0.2, 0.25) is 5.91 Å². The minimum absolute atomic E-state index is 0.00297. The van der Waals surface area contributed by atoms with Gasteiger partial charge in [0.15, 0.2) is 10.6 Å². The number of thiazole rings is 1. The third kappa shape index (κ3) is 9.55. The lowest BCUT2D eigenvalue weighted by Gasteiger charge is -2.36. The number of aliphatic carboxylic acids is 1. The Bertz CT molecular complexity index is 1810. The molecule has 2 heterocycles. The van der Waals surface area contributed by atoms with E-state index < -0.39 is 12.3 Å². The minimum Gasteiger partial charge on any atom is -0.481 e. The number of benzene rings is 4. The third-order valence-corrected chi connectivity index (χ3v) is 10.9. The first-order valence-corrected chi connectivity index (χ1v) is 18.4. The van der Waals surface area contributed by atoms with E-state index in [1.807, 2.05) is 72.8 Å². The van der Waals surface area contributed by atoms with Crippen molar-refractivity contribution in [1.82, 2.24) is 10.3 Å². The summed E-state index contributed by atoms with van der Waals surface area (Å²) in [6.45, 7) is 0.405. The average molecular weight is 697 g/mol. The molecule has 3 N–H and O–H groups in total. The summed E-state index contributed by atoms with van der Waals surface area (Å²) >= 11 is 3.41. The molecule has 0 aliphatic carbocycles. The van der Waals surface area contributed by atoms with Crippen molar-refractivity contribution in [3.63, 3.8) is 0 Å². The number of aliphatic hydroxyl groups is 1. The van der Waals surface area contributed by atoms with Crippen molar-refractivity contribution in [1.29, 1.82) is 0 Å². The number of ether oxygens (including phenoxy) is 2. The second-order valence-corrected chi connectivity index (χ2v) is 14.4. The number of thioether (sulfide) groups is 1. The number of aromatic nitrogens is 1. The van der Waals surface area contributed by atoms with Crippen LogP contribution in [-0.4, -0.2) is 38.9 Å². The fourth-order valence-electron chi connectivity index (χ4n) is 5.90. The van der Waals surface area contributed by atoms with Crippen LogP contribution in [0.3, 0.4) is 0 Å². The first-order chi connectivity index (χ1) is 23.9. The van der Waals surface area contributed by atoms with E-state index in [2.05, 4.69) is 29.6 Å². The van der Waals surface area contributed by atoms with Crippen molar-refractivity contribution in [2.45, 2.75) is 74.5 Å². The maximum atomic E-state index is 12.5. The number of aliphatic hydroxyl groups excluding tert-OH is 1. The Morgan fingerprint density at radius 1 is 0.857 bits per heavy atom. The van der Waals surface area contributed by atoms with Crippen molar-refractivity contribution < 1.29 is 29.3 Å². The van der Waals surface area contributed by atoms with Gasteiger partial charge in [-0.05, 0) is 52.8 Å². The Morgan fingerprint density at radius 3 is 2.37 bits per heavy atom. The maximum Gasteiger partial charge on any atom is 0.303 e. The number of nitrogens with one attached hydrogen (secondary N) is 1. The van der Waals surface area contributed by atoms with E-state index in [-0.39, 0.29) is 31.1 Å². The lowest BCUT2D eigenvalue weighted by atomic mass is 9.97. The third-order valence-electron chi connectivity index (χ3n) is 8.56. The first-order valence-electron chi connectivity index (χ1n) is 16.6. The number of carboxylic acids is 1. The molecule has 5 aromatic rings. The molecular formula is C39H40N2O6S2. The summed E-state index contributed by atoms with van der Waals surface area (Å²) in [6.07, 6.45) is 2.39. The van der Waals surface area contributed by atoms with Gasteiger partial charge in [0, 0.05) is 37.1 Å². The van der Waals surface area contributed by atoms with E-state index >= 15 is 0 Å². The molecule has 1 aromatic heterocycles. The molecule has 1 saturated heterocycles. The summed E-state index contributed by atoms with van der Waals surface area (Å²) in [5, 5.41) is 21.4. The Morgan fingerprint density at radius 2 is 1.59 bits per heavy atom. The normalized spacial score (nSPS) is 17.6. The Kier molecular flexibility index (Phi) is 12.1. The Hall–Kier alpha value is -4.06. The quantitative estimate of drug-likeness (QED) is 0.0738. The molecule has 1 aliphatic rings. The molecule has 3 atom stereocenters. The molecule has 0 saturated carbocycles. The van der Waals surface area contributed by atoms with Gasteiger partial charge in [-0.3, -0.25) is 9.59 Å². The Balaban J connectivity index is 1.13. The largest absolute Gasteiger partial charge is 0.481 e. The van der Waals surface area contributed by atoms with Gasteiger partial charge in [-0.25, -0.2) is 4.98 Å². The van der Waals surface area contributed by atoms with E-state index in [4.69, 9.17) is 19.6 Å². The molecule has 0 spiro atoms. The zero-order chi connectivity index (χ0) is 34.0. The minimum atomic E-state index is -0.804. The highest BCUT2D eigenvalue weighted by atomic mass is 32.2. The second-order valence-electron chi connectivity index (χ2n) is 12.1. The fraction of sp³-hybridized carbons (Fsp3) is 0.308. The van der Waals surface area contributed by atoms with E-state index in [1.165, 1.54) is 4.70 Å². The van der Waals surface area contributed by atoms with Gasteiger partial charge in [-0.1, -0.05) is 103 Å². The van der Waals surface area contributed by atoms with E-state index in [9.17, 15) is 14.7 Å². The van der Waals surface area contributed by atoms with Crippen molar-refractivity contribution in [3.05, 3.63) is 119 Å². The predicted octanol–water partition coefficient (Wildman–Crippen LogP) is 8.44. The van der Waals surface area contributed by atoms with Gasteiger partial charge in [-0.15, -0.1) is 11.3 Å². The Labute approximate surface area is 294 Å². The fourth-order valence-corrected chi connectivity index (χ4v) is 8.01. The smallest absolute Gasteiger partial charge is 0.303 e. The summed E-state index contributed by atoms with van der Waals surface area (Å²) in [5.74, 6) is -0.102. The molecule has 1 aliphatic heterocycles. The van der Waals surface area contributed by atoms with Crippen LogP contribution in [-0.2, 0) is 32.2 Å². The predicted molar refractivity (Wildman–Crippen MR) is 193 cm³/mol. The molecule has 1 fully saturated rings. The first kappa shape index (κ1) is 34.8. The van der Waals surface area contributed by atoms with E-state index in [0.29, 0.717) is 32.2 Å². The zero-order valence-electron chi connectivity index (χ0n) is 27.1. The number of carboxylic acid groups (broad SMARTS) is 1. The molecule has 6 rings (SSSR count). The molecule has 254 valence electrons. The van der Waals surface area contributed by atoms with Crippen LogP contribution in [0, 0.1) is 0 Å². The number of carbonyl (C=O) groups is 2. The van der Waals surface area contributed by atoms with Gasteiger partial charge in [0.05, 0.1) is 29.0 Å². The van der Waals surface area contributed by atoms with Gasteiger partial charge in [0.25, 0.3) is 0 Å². The number of fused-ring (bicyclic) bond motifs is 1. The van der Waals surface area contributed by atoms with Crippen molar-refractivity contribution in [3.8, 4) is 11.1 Å². The monoisotopic (exact) mass is 696 g/mol. The highest BCUT2D eigenvalue weighted by Crippen LogP contribution is 2.40. The van der Waals surface area contributed by atoms with E-state index in [0.717, 1.165) is 55.4 Å². The number of amides is 1. The highest BCUT2D eigenvalue weighted by Gasteiger charge is 2.32. The summed E-state index contributed by atoms with van der Waals surface area (Å²) in [7, 11) is 0.